The number of alkyl halides is 3. The number of hydrogen-bond donors (Lipinski definition) is 1. The third-order valence-electron chi connectivity index (χ3n) is 4.41. The maximum atomic E-state index is 12.9. The van der Waals surface area contributed by atoms with Gasteiger partial charge in [-0.05, 0) is 38.1 Å². The van der Waals surface area contributed by atoms with Gasteiger partial charge in [0.2, 0.25) is 0 Å². The molecule has 0 bridgehead atoms. The van der Waals surface area contributed by atoms with Crippen LogP contribution in [0.4, 0.5) is 13.2 Å². The Kier molecular flexibility index (Phi) is 4.20. The van der Waals surface area contributed by atoms with E-state index in [1.807, 2.05) is 0 Å². The van der Waals surface area contributed by atoms with Crippen LogP contribution in [0.3, 0.4) is 0 Å². The molecule has 1 aromatic heterocycles. The number of aryl methyl sites for hydroxylation is 1. The van der Waals surface area contributed by atoms with Crippen LogP contribution in [0.1, 0.15) is 23.2 Å². The number of amides is 1. The van der Waals surface area contributed by atoms with Crippen molar-refractivity contribution in [2.45, 2.75) is 31.1 Å². The van der Waals surface area contributed by atoms with Crippen molar-refractivity contribution in [3.8, 4) is 0 Å². The van der Waals surface area contributed by atoms with E-state index in [1.165, 1.54) is 11.9 Å². The van der Waals surface area contributed by atoms with Gasteiger partial charge in [0.1, 0.15) is 11.6 Å². The number of halogens is 3. The summed E-state index contributed by atoms with van der Waals surface area (Å²) >= 11 is 0. The molecular weight excluding hydrogens is 323 g/mol. The molecule has 2 aromatic rings. The molecule has 0 radical (unpaired) electrons. The van der Waals surface area contributed by atoms with Crippen molar-refractivity contribution in [3.05, 3.63) is 23.8 Å². The second kappa shape index (κ2) is 6.04. The minimum absolute atomic E-state index is 0.0182. The van der Waals surface area contributed by atoms with Gasteiger partial charge in [0.15, 0.2) is 0 Å². The SMILES string of the molecule is CN1C[C@H](NC(=O)c2ccc3nnn(C)c3c2)CC[C@@H]1C(F)(F)F. The Morgan fingerprint density at radius 3 is 2.71 bits per heavy atom. The Bertz CT molecular complexity index is 757. The quantitative estimate of drug-likeness (QED) is 0.904. The zero-order chi connectivity index (χ0) is 17.5. The highest BCUT2D eigenvalue weighted by Crippen LogP contribution is 2.30. The van der Waals surface area contributed by atoms with Gasteiger partial charge < -0.3 is 5.32 Å². The van der Waals surface area contributed by atoms with Gasteiger partial charge in [-0.1, -0.05) is 5.21 Å². The van der Waals surface area contributed by atoms with Crippen molar-refractivity contribution in [1.29, 1.82) is 0 Å². The second-order valence-corrected chi connectivity index (χ2v) is 6.16. The Balaban J connectivity index is 1.67. The number of carbonyl (C=O) groups is 1. The summed E-state index contributed by atoms with van der Waals surface area (Å²) in [5.74, 6) is -0.304. The fourth-order valence-corrected chi connectivity index (χ4v) is 3.12. The summed E-state index contributed by atoms with van der Waals surface area (Å²) in [7, 11) is 3.16. The average Bonchev–Trinajstić information content (AvgIpc) is 2.87. The van der Waals surface area contributed by atoms with Gasteiger partial charge in [0.25, 0.3) is 5.91 Å². The molecule has 3 rings (SSSR count). The van der Waals surface area contributed by atoms with E-state index >= 15 is 0 Å². The van der Waals surface area contributed by atoms with Crippen LogP contribution >= 0.6 is 0 Å². The third-order valence-corrected chi connectivity index (χ3v) is 4.41. The predicted octanol–water partition coefficient (Wildman–Crippen LogP) is 1.72. The summed E-state index contributed by atoms with van der Waals surface area (Å²) in [5.41, 5.74) is 1.84. The first kappa shape index (κ1) is 16.7. The summed E-state index contributed by atoms with van der Waals surface area (Å²) in [5, 5.41) is 10.6. The summed E-state index contributed by atoms with van der Waals surface area (Å²) < 4.78 is 40.1. The number of likely N-dealkylation sites (N-methyl/N-ethyl adjacent to an activating group) is 1. The van der Waals surface area contributed by atoms with E-state index < -0.39 is 12.2 Å². The number of likely N-dealkylation sites (tertiary alicyclic amines) is 1. The number of nitrogens with one attached hydrogen (secondary N) is 1. The first-order valence-corrected chi connectivity index (χ1v) is 7.63. The topological polar surface area (TPSA) is 63.1 Å². The molecule has 0 saturated carbocycles. The van der Waals surface area contributed by atoms with Crippen LogP contribution in [-0.4, -0.2) is 57.7 Å². The van der Waals surface area contributed by atoms with Gasteiger partial charge in [-0.25, -0.2) is 4.68 Å². The number of carbonyl (C=O) groups excluding carboxylic acids is 1. The van der Waals surface area contributed by atoms with E-state index in [4.69, 9.17) is 0 Å². The highest BCUT2D eigenvalue weighted by molar-refractivity contribution is 5.97. The monoisotopic (exact) mass is 341 g/mol. The fourth-order valence-electron chi connectivity index (χ4n) is 3.12. The Labute approximate surface area is 136 Å². The van der Waals surface area contributed by atoms with Crippen LogP contribution in [0.15, 0.2) is 18.2 Å². The van der Waals surface area contributed by atoms with Crippen LogP contribution in [0.5, 0.6) is 0 Å². The van der Waals surface area contributed by atoms with E-state index in [-0.39, 0.29) is 24.9 Å². The number of aromatic nitrogens is 3. The lowest BCUT2D eigenvalue weighted by Gasteiger charge is -2.38. The van der Waals surface area contributed by atoms with Crippen molar-refractivity contribution in [1.82, 2.24) is 25.2 Å². The molecule has 1 aliphatic heterocycles. The first-order chi connectivity index (χ1) is 11.3. The standard InChI is InChI=1S/C15H18F3N5O/c1-22-8-10(4-6-13(22)15(16,17)18)19-14(24)9-3-5-11-12(7-9)23(2)21-20-11/h3,5,7,10,13H,4,6,8H2,1-2H3,(H,19,24)/t10-,13-/m1/s1. The number of rotatable bonds is 2. The molecule has 0 spiro atoms. The van der Waals surface area contributed by atoms with Crippen LogP contribution in [-0.2, 0) is 7.05 Å². The normalized spacial score (nSPS) is 22.7. The molecule has 1 aliphatic rings. The van der Waals surface area contributed by atoms with Crippen molar-refractivity contribution in [2.24, 2.45) is 7.05 Å². The van der Waals surface area contributed by atoms with Gasteiger partial charge in [-0.2, -0.15) is 13.2 Å². The molecule has 1 aromatic carbocycles. The molecule has 1 saturated heterocycles. The molecule has 1 fully saturated rings. The number of benzene rings is 1. The van der Waals surface area contributed by atoms with Crippen LogP contribution in [0, 0.1) is 0 Å². The van der Waals surface area contributed by atoms with Crippen LogP contribution in [0.2, 0.25) is 0 Å². The molecule has 9 heteroatoms. The minimum Gasteiger partial charge on any atom is -0.348 e. The lowest BCUT2D eigenvalue weighted by molar-refractivity contribution is -0.188. The van der Waals surface area contributed by atoms with Gasteiger partial charge in [0.05, 0.1) is 5.52 Å². The molecule has 24 heavy (non-hydrogen) atoms. The predicted molar refractivity (Wildman–Crippen MR) is 81.5 cm³/mol. The third kappa shape index (κ3) is 3.21. The zero-order valence-electron chi connectivity index (χ0n) is 13.3. The van der Waals surface area contributed by atoms with E-state index in [0.717, 1.165) is 5.52 Å². The summed E-state index contributed by atoms with van der Waals surface area (Å²) in [6.45, 7) is 0.172. The summed E-state index contributed by atoms with van der Waals surface area (Å²) in [6.07, 6.45) is -3.95. The van der Waals surface area contributed by atoms with E-state index in [9.17, 15) is 18.0 Å². The molecule has 6 nitrogen and oxygen atoms in total. The van der Waals surface area contributed by atoms with Crippen molar-refractivity contribution >= 4 is 16.9 Å². The van der Waals surface area contributed by atoms with Crippen molar-refractivity contribution in [2.75, 3.05) is 13.6 Å². The summed E-state index contributed by atoms with van der Waals surface area (Å²) in [4.78, 5) is 13.6. The summed E-state index contributed by atoms with van der Waals surface area (Å²) in [6, 6.07) is 3.26. The number of fused-ring (bicyclic) bond motifs is 1. The van der Waals surface area contributed by atoms with Gasteiger partial charge in [-0.3, -0.25) is 9.69 Å². The Morgan fingerprint density at radius 2 is 2.04 bits per heavy atom. The van der Waals surface area contributed by atoms with Gasteiger partial charge in [0, 0.05) is 25.2 Å². The Morgan fingerprint density at radius 1 is 1.29 bits per heavy atom. The van der Waals surface area contributed by atoms with E-state index in [0.29, 0.717) is 17.5 Å². The molecule has 1 amide bonds. The molecule has 2 atom stereocenters. The van der Waals surface area contributed by atoms with E-state index in [2.05, 4.69) is 15.6 Å². The highest BCUT2D eigenvalue weighted by atomic mass is 19.4. The highest BCUT2D eigenvalue weighted by Gasteiger charge is 2.44. The molecular formula is C15H18F3N5O. The molecule has 1 N–H and O–H groups in total. The fraction of sp³-hybridized carbons (Fsp3) is 0.533. The maximum absolute atomic E-state index is 12.9. The molecule has 0 aliphatic carbocycles. The minimum atomic E-state index is -4.23. The maximum Gasteiger partial charge on any atom is 0.404 e. The molecule has 130 valence electrons. The second-order valence-electron chi connectivity index (χ2n) is 6.16. The number of nitrogens with zero attached hydrogens (tertiary/aromatic N) is 4. The van der Waals surface area contributed by atoms with Crippen LogP contribution in [0.25, 0.3) is 11.0 Å². The Hall–Kier alpha value is -2.16. The smallest absolute Gasteiger partial charge is 0.348 e. The van der Waals surface area contributed by atoms with E-state index in [1.54, 1.807) is 29.9 Å². The molecule has 2 heterocycles. The first-order valence-electron chi connectivity index (χ1n) is 7.63. The number of hydrogen-bond acceptors (Lipinski definition) is 4. The lowest BCUT2D eigenvalue weighted by Crippen LogP contribution is -2.54. The van der Waals surface area contributed by atoms with Crippen LogP contribution < -0.4 is 5.32 Å². The zero-order valence-corrected chi connectivity index (χ0v) is 13.3. The van der Waals surface area contributed by atoms with Crippen molar-refractivity contribution < 1.29 is 18.0 Å². The lowest BCUT2D eigenvalue weighted by atomic mass is 9.98. The van der Waals surface area contributed by atoms with Crippen molar-refractivity contribution in [3.63, 3.8) is 0 Å². The average molecular weight is 341 g/mol. The number of piperidine rings is 1. The van der Waals surface area contributed by atoms with Gasteiger partial charge in [-0.15, -0.1) is 5.10 Å². The largest absolute Gasteiger partial charge is 0.404 e. The van der Waals surface area contributed by atoms with Gasteiger partial charge >= 0.3 is 6.18 Å². The molecule has 0 unspecified atom stereocenters.